The topological polar surface area (TPSA) is 71.9 Å². The van der Waals surface area contributed by atoms with Crippen molar-refractivity contribution in [1.29, 1.82) is 0 Å². The molecule has 0 radical (unpaired) electrons. The summed E-state index contributed by atoms with van der Waals surface area (Å²) in [7, 11) is 1.70. The van der Waals surface area contributed by atoms with Crippen LogP contribution in [-0.2, 0) is 13.0 Å². The zero-order valence-corrected chi connectivity index (χ0v) is 16.7. The standard InChI is InChI=1S/C23H20FN5O/c1-3-22-26-12-15(13-27-22)21-11-19(18-10-16(24)7-8-20(18)28-21)23(30)29(2)14-17-6-4-5-9-25-17/h4-13H,3,14H2,1-2H3. The lowest BCUT2D eigenvalue weighted by atomic mass is 10.0. The Kier molecular flexibility index (Phi) is 5.43. The number of hydrogen-bond donors (Lipinski definition) is 0. The molecule has 0 aliphatic rings. The van der Waals surface area contributed by atoms with Crippen molar-refractivity contribution in [3.8, 4) is 11.3 Å². The smallest absolute Gasteiger partial charge is 0.254 e. The maximum atomic E-state index is 14.0. The van der Waals surface area contributed by atoms with Crippen LogP contribution in [0, 0.1) is 5.82 Å². The van der Waals surface area contributed by atoms with E-state index in [2.05, 4.69) is 19.9 Å². The van der Waals surface area contributed by atoms with Crippen LogP contribution < -0.4 is 0 Å². The highest BCUT2D eigenvalue weighted by atomic mass is 19.1. The molecule has 0 spiro atoms. The number of hydrogen-bond acceptors (Lipinski definition) is 5. The van der Waals surface area contributed by atoms with Crippen molar-refractivity contribution in [1.82, 2.24) is 24.8 Å². The molecule has 150 valence electrons. The number of aryl methyl sites for hydroxylation is 1. The van der Waals surface area contributed by atoms with Crippen molar-refractivity contribution in [2.45, 2.75) is 19.9 Å². The van der Waals surface area contributed by atoms with Crippen molar-refractivity contribution in [2.75, 3.05) is 7.05 Å². The fourth-order valence-corrected chi connectivity index (χ4v) is 3.20. The van der Waals surface area contributed by atoms with Gasteiger partial charge in [-0.15, -0.1) is 0 Å². The van der Waals surface area contributed by atoms with Crippen molar-refractivity contribution < 1.29 is 9.18 Å². The summed E-state index contributed by atoms with van der Waals surface area (Å²) in [5.41, 5.74) is 2.92. The largest absolute Gasteiger partial charge is 0.336 e. The molecule has 30 heavy (non-hydrogen) atoms. The predicted octanol–water partition coefficient (Wildman–Crippen LogP) is 4.06. The summed E-state index contributed by atoms with van der Waals surface area (Å²) in [6.07, 6.45) is 5.79. The first-order valence-electron chi connectivity index (χ1n) is 9.62. The van der Waals surface area contributed by atoms with Gasteiger partial charge in [-0.2, -0.15) is 0 Å². The van der Waals surface area contributed by atoms with Crippen molar-refractivity contribution in [3.05, 3.63) is 84.0 Å². The Bertz CT molecular complexity index is 1200. The van der Waals surface area contributed by atoms with Gasteiger partial charge in [-0.3, -0.25) is 9.78 Å². The van der Waals surface area contributed by atoms with E-state index >= 15 is 0 Å². The van der Waals surface area contributed by atoms with Gasteiger partial charge in [-0.05, 0) is 36.4 Å². The monoisotopic (exact) mass is 401 g/mol. The average Bonchev–Trinajstić information content (AvgIpc) is 2.78. The number of halogens is 1. The maximum Gasteiger partial charge on any atom is 0.254 e. The minimum Gasteiger partial charge on any atom is -0.336 e. The summed E-state index contributed by atoms with van der Waals surface area (Å²) in [4.78, 5) is 32.3. The molecule has 0 saturated heterocycles. The first-order valence-corrected chi connectivity index (χ1v) is 9.62. The van der Waals surface area contributed by atoms with E-state index in [0.29, 0.717) is 34.3 Å². The first-order chi connectivity index (χ1) is 14.5. The lowest BCUT2D eigenvalue weighted by Gasteiger charge is -2.18. The van der Waals surface area contributed by atoms with Gasteiger partial charge in [-0.25, -0.2) is 19.3 Å². The Hall–Kier alpha value is -3.74. The van der Waals surface area contributed by atoms with Crippen LogP contribution in [0.5, 0.6) is 0 Å². The van der Waals surface area contributed by atoms with E-state index in [1.165, 1.54) is 12.1 Å². The second-order valence-electron chi connectivity index (χ2n) is 6.94. The molecule has 4 rings (SSSR count). The molecular formula is C23H20FN5O. The molecule has 0 fully saturated rings. The van der Waals surface area contributed by atoms with Crippen molar-refractivity contribution in [3.63, 3.8) is 0 Å². The number of carbonyl (C=O) groups is 1. The molecule has 6 nitrogen and oxygen atoms in total. The second-order valence-corrected chi connectivity index (χ2v) is 6.94. The molecule has 0 bridgehead atoms. The third kappa shape index (κ3) is 4.00. The van der Waals surface area contributed by atoms with Crippen LogP contribution in [0.4, 0.5) is 4.39 Å². The molecule has 1 aromatic carbocycles. The van der Waals surface area contributed by atoms with E-state index < -0.39 is 5.82 Å². The highest BCUT2D eigenvalue weighted by molar-refractivity contribution is 6.07. The zero-order valence-electron chi connectivity index (χ0n) is 16.7. The number of benzene rings is 1. The summed E-state index contributed by atoms with van der Waals surface area (Å²) in [6.45, 7) is 2.31. The zero-order chi connectivity index (χ0) is 21.1. The Balaban J connectivity index is 1.78. The van der Waals surface area contributed by atoms with Gasteiger partial charge in [0.05, 0.1) is 29.0 Å². The maximum absolute atomic E-state index is 14.0. The molecule has 4 aromatic rings. The molecule has 0 aliphatic carbocycles. The quantitative estimate of drug-likeness (QED) is 0.504. The van der Waals surface area contributed by atoms with E-state index in [4.69, 9.17) is 0 Å². The van der Waals surface area contributed by atoms with Crippen molar-refractivity contribution in [2.24, 2.45) is 0 Å². The van der Waals surface area contributed by atoms with Gasteiger partial charge in [0.2, 0.25) is 0 Å². The highest BCUT2D eigenvalue weighted by Crippen LogP contribution is 2.26. The predicted molar refractivity (Wildman–Crippen MR) is 112 cm³/mol. The summed E-state index contributed by atoms with van der Waals surface area (Å²) in [6, 6.07) is 11.5. The van der Waals surface area contributed by atoms with Crippen LogP contribution in [-0.4, -0.2) is 37.8 Å². The summed E-state index contributed by atoms with van der Waals surface area (Å²) in [5.74, 6) is 0.0631. The Morgan fingerprint density at radius 2 is 1.87 bits per heavy atom. The molecule has 1 amide bonds. The third-order valence-corrected chi connectivity index (χ3v) is 4.79. The molecule has 3 heterocycles. The van der Waals surface area contributed by atoms with Gasteiger partial charge in [-0.1, -0.05) is 13.0 Å². The first kappa shape index (κ1) is 19.6. The van der Waals surface area contributed by atoms with Gasteiger partial charge in [0.15, 0.2) is 0 Å². The summed E-state index contributed by atoms with van der Waals surface area (Å²) >= 11 is 0. The Morgan fingerprint density at radius 1 is 1.07 bits per heavy atom. The molecule has 3 aromatic heterocycles. The fourth-order valence-electron chi connectivity index (χ4n) is 3.20. The molecule has 0 saturated carbocycles. The average molecular weight is 401 g/mol. The van der Waals surface area contributed by atoms with Crippen LogP contribution >= 0.6 is 0 Å². The summed E-state index contributed by atoms with van der Waals surface area (Å²) in [5, 5.41) is 0.461. The van der Waals surface area contributed by atoms with Crippen LogP contribution in [0.15, 0.2) is 61.1 Å². The number of carbonyl (C=O) groups excluding carboxylic acids is 1. The third-order valence-electron chi connectivity index (χ3n) is 4.79. The molecule has 0 N–H and O–H groups in total. The normalized spacial score (nSPS) is 10.9. The fraction of sp³-hybridized carbons (Fsp3) is 0.174. The number of rotatable bonds is 5. The lowest BCUT2D eigenvalue weighted by molar-refractivity contribution is 0.0785. The van der Waals surface area contributed by atoms with E-state index in [-0.39, 0.29) is 5.91 Å². The van der Waals surface area contributed by atoms with Crippen LogP contribution in [0.3, 0.4) is 0 Å². The van der Waals surface area contributed by atoms with Gasteiger partial charge in [0.1, 0.15) is 11.6 Å². The van der Waals surface area contributed by atoms with E-state index in [0.717, 1.165) is 17.9 Å². The van der Waals surface area contributed by atoms with Crippen LogP contribution in [0.25, 0.3) is 22.2 Å². The van der Waals surface area contributed by atoms with Gasteiger partial charge < -0.3 is 4.90 Å². The molecule has 0 atom stereocenters. The minimum absolute atomic E-state index is 0.244. The molecule has 7 heteroatoms. The second kappa shape index (κ2) is 8.32. The molecule has 0 aliphatic heterocycles. The van der Waals surface area contributed by atoms with E-state index in [1.54, 1.807) is 42.7 Å². The van der Waals surface area contributed by atoms with Gasteiger partial charge >= 0.3 is 0 Å². The number of pyridine rings is 2. The van der Waals surface area contributed by atoms with Gasteiger partial charge in [0.25, 0.3) is 5.91 Å². The van der Waals surface area contributed by atoms with Crippen LogP contribution in [0.2, 0.25) is 0 Å². The van der Waals surface area contributed by atoms with Crippen LogP contribution in [0.1, 0.15) is 28.8 Å². The highest BCUT2D eigenvalue weighted by Gasteiger charge is 2.19. The van der Waals surface area contributed by atoms with Crippen molar-refractivity contribution >= 4 is 16.8 Å². The Morgan fingerprint density at radius 3 is 2.57 bits per heavy atom. The molecule has 0 unspecified atom stereocenters. The number of amides is 1. The summed E-state index contributed by atoms with van der Waals surface area (Å²) < 4.78 is 14.0. The molecular weight excluding hydrogens is 381 g/mol. The number of nitrogens with zero attached hydrogens (tertiary/aromatic N) is 5. The van der Waals surface area contributed by atoms with E-state index in [9.17, 15) is 9.18 Å². The van der Waals surface area contributed by atoms with E-state index in [1.807, 2.05) is 25.1 Å². The number of aromatic nitrogens is 4. The van der Waals surface area contributed by atoms with Gasteiger partial charge in [0, 0.05) is 43.0 Å². The minimum atomic E-state index is -0.422. The SMILES string of the molecule is CCc1ncc(-c2cc(C(=O)N(C)Cc3ccccn3)c3cc(F)ccc3n2)cn1. The number of fused-ring (bicyclic) bond motifs is 1. The Labute approximate surface area is 173 Å². The lowest BCUT2D eigenvalue weighted by Crippen LogP contribution is -2.27.